The maximum atomic E-state index is 13.0. The van der Waals surface area contributed by atoms with E-state index in [2.05, 4.69) is 16.9 Å². The predicted molar refractivity (Wildman–Crippen MR) is 126 cm³/mol. The van der Waals surface area contributed by atoms with Crippen LogP contribution in [0, 0.1) is 24.0 Å². The molecule has 2 heterocycles. The number of halogens is 1. The van der Waals surface area contributed by atoms with Gasteiger partial charge in [-0.1, -0.05) is 29.4 Å². The summed E-state index contributed by atoms with van der Waals surface area (Å²) in [5.41, 5.74) is 0.838. The van der Waals surface area contributed by atoms with Gasteiger partial charge < -0.3 is 5.32 Å². The number of thioether (sulfide) groups is 1. The van der Waals surface area contributed by atoms with Gasteiger partial charge in [-0.25, -0.2) is 4.98 Å². The lowest BCUT2D eigenvalue weighted by Crippen LogP contribution is -2.26. The molecule has 8 nitrogen and oxygen atoms in total. The second-order valence-electron chi connectivity index (χ2n) is 6.73. The number of fused-ring (bicyclic) bond motifs is 1. The van der Waals surface area contributed by atoms with Crippen molar-refractivity contribution in [1.82, 2.24) is 9.55 Å². The average Bonchev–Trinajstić information content (AvgIpc) is 2.99. The fraction of sp³-hybridized carbons (Fsp3) is 0.250. The molecule has 1 N–H and O–H groups in total. The SMILES string of the molecule is C=CCn1c(S[C@@H](C)C(=O)Nc2ccc([N+](=O)[O-])cc2Cl)nc2sc(C)c(C)c2c1=O. The number of nitrogens with one attached hydrogen (secondary N) is 1. The number of nitrogens with zero attached hydrogens (tertiary/aromatic N) is 3. The number of carbonyl (C=O) groups excluding carboxylic acids is 1. The van der Waals surface area contributed by atoms with Crippen LogP contribution < -0.4 is 10.9 Å². The zero-order valence-corrected chi connectivity index (χ0v) is 19.4. The Morgan fingerprint density at radius 3 is 2.81 bits per heavy atom. The molecule has 1 aromatic carbocycles. The average molecular weight is 479 g/mol. The third kappa shape index (κ3) is 4.65. The number of thiophene rings is 1. The number of nitro benzene ring substituents is 1. The number of anilines is 1. The number of carbonyl (C=O) groups is 1. The standard InChI is InChI=1S/C20H19ClN4O4S2/c1-5-8-24-19(27)16-10(2)11(3)30-18(16)23-20(24)31-12(4)17(26)22-15-7-6-13(25(28)29)9-14(15)21/h5-7,9,12H,1,8H2,2-4H3,(H,22,26)/t12-/m0/s1. The van der Waals surface area contributed by atoms with E-state index in [1.807, 2.05) is 13.8 Å². The molecule has 0 aliphatic heterocycles. The van der Waals surface area contributed by atoms with E-state index in [0.717, 1.165) is 22.2 Å². The summed E-state index contributed by atoms with van der Waals surface area (Å²) in [6.07, 6.45) is 1.61. The third-order valence-corrected chi connectivity index (χ3v) is 7.14. The molecule has 0 radical (unpaired) electrons. The van der Waals surface area contributed by atoms with Crippen LogP contribution in [0.5, 0.6) is 0 Å². The van der Waals surface area contributed by atoms with Crippen LogP contribution in [-0.4, -0.2) is 25.6 Å². The van der Waals surface area contributed by atoms with Crippen molar-refractivity contribution >= 4 is 62.2 Å². The van der Waals surface area contributed by atoms with Crippen molar-refractivity contribution in [3.8, 4) is 0 Å². The van der Waals surface area contributed by atoms with Gasteiger partial charge in [0.1, 0.15) is 4.83 Å². The molecule has 3 aromatic rings. The van der Waals surface area contributed by atoms with Gasteiger partial charge in [0, 0.05) is 23.6 Å². The van der Waals surface area contributed by atoms with Crippen LogP contribution in [0.25, 0.3) is 10.2 Å². The normalized spacial score (nSPS) is 12.0. The number of non-ortho nitro benzene ring substituents is 1. The largest absolute Gasteiger partial charge is 0.324 e. The van der Waals surface area contributed by atoms with Crippen molar-refractivity contribution in [2.24, 2.45) is 0 Å². The van der Waals surface area contributed by atoms with E-state index < -0.39 is 10.2 Å². The molecule has 31 heavy (non-hydrogen) atoms. The van der Waals surface area contributed by atoms with Crippen LogP contribution in [0.15, 0.2) is 40.8 Å². The molecule has 0 saturated carbocycles. The molecule has 11 heteroatoms. The highest BCUT2D eigenvalue weighted by atomic mass is 35.5. The van der Waals surface area contributed by atoms with E-state index in [4.69, 9.17) is 11.6 Å². The summed E-state index contributed by atoms with van der Waals surface area (Å²) in [5, 5.41) is 14.0. The smallest absolute Gasteiger partial charge is 0.271 e. The van der Waals surface area contributed by atoms with Crippen LogP contribution in [0.1, 0.15) is 17.4 Å². The fourth-order valence-electron chi connectivity index (χ4n) is 2.85. The van der Waals surface area contributed by atoms with Crippen LogP contribution >= 0.6 is 34.7 Å². The first-order valence-electron chi connectivity index (χ1n) is 9.17. The molecular weight excluding hydrogens is 460 g/mol. The van der Waals surface area contributed by atoms with E-state index in [9.17, 15) is 19.7 Å². The molecule has 1 atom stereocenters. The Labute approximate surface area is 191 Å². The number of allylic oxidation sites excluding steroid dienone is 1. The van der Waals surface area contributed by atoms with E-state index in [1.54, 1.807) is 13.0 Å². The number of hydrogen-bond donors (Lipinski definition) is 1. The molecule has 0 spiro atoms. The molecule has 162 valence electrons. The van der Waals surface area contributed by atoms with E-state index in [1.165, 1.54) is 34.1 Å². The maximum absolute atomic E-state index is 13.0. The van der Waals surface area contributed by atoms with Gasteiger partial charge in [0.05, 0.1) is 26.3 Å². The Kier molecular flexibility index (Phi) is 6.83. The van der Waals surface area contributed by atoms with Crippen LogP contribution in [0.4, 0.5) is 11.4 Å². The number of aromatic nitrogens is 2. The number of nitro groups is 1. The number of hydrogen-bond acceptors (Lipinski definition) is 7. The van der Waals surface area contributed by atoms with Crippen molar-refractivity contribution in [3.05, 3.63) is 66.8 Å². The lowest BCUT2D eigenvalue weighted by Gasteiger charge is -2.15. The number of benzene rings is 1. The van der Waals surface area contributed by atoms with Crippen molar-refractivity contribution in [2.45, 2.75) is 37.7 Å². The van der Waals surface area contributed by atoms with Crippen LogP contribution in [-0.2, 0) is 11.3 Å². The quantitative estimate of drug-likeness (QED) is 0.169. The van der Waals surface area contributed by atoms with Crippen molar-refractivity contribution in [1.29, 1.82) is 0 Å². The van der Waals surface area contributed by atoms with E-state index >= 15 is 0 Å². The summed E-state index contributed by atoms with van der Waals surface area (Å²) in [6, 6.07) is 3.82. The molecule has 0 bridgehead atoms. The summed E-state index contributed by atoms with van der Waals surface area (Å²) in [7, 11) is 0. The van der Waals surface area contributed by atoms with Crippen molar-refractivity contribution in [2.75, 3.05) is 5.32 Å². The second kappa shape index (κ2) is 9.21. The van der Waals surface area contributed by atoms with E-state index in [-0.39, 0.29) is 34.4 Å². The summed E-state index contributed by atoms with van der Waals surface area (Å²) in [4.78, 5) is 42.3. The third-order valence-electron chi connectivity index (χ3n) is 4.64. The summed E-state index contributed by atoms with van der Waals surface area (Å²) in [5.74, 6) is -0.376. The minimum Gasteiger partial charge on any atom is -0.324 e. The molecular formula is C20H19ClN4O4S2. The molecule has 0 aliphatic rings. The Hall–Kier alpha value is -2.69. The molecule has 0 fully saturated rings. The number of aryl methyl sites for hydroxylation is 2. The van der Waals surface area contributed by atoms with Gasteiger partial charge in [-0.2, -0.15) is 0 Å². The van der Waals surface area contributed by atoms with Gasteiger partial charge in [0.2, 0.25) is 5.91 Å². The van der Waals surface area contributed by atoms with Gasteiger partial charge in [-0.15, -0.1) is 17.9 Å². The fourth-order valence-corrected chi connectivity index (χ4v) is 5.06. The molecule has 3 rings (SSSR count). The molecule has 0 aliphatic carbocycles. The van der Waals surface area contributed by atoms with E-state index in [0.29, 0.717) is 15.4 Å². The van der Waals surface area contributed by atoms with Crippen LogP contribution in [0.3, 0.4) is 0 Å². The number of rotatable bonds is 7. The zero-order valence-electron chi connectivity index (χ0n) is 17.0. The zero-order chi connectivity index (χ0) is 22.9. The molecule has 1 amide bonds. The number of amides is 1. The Balaban J connectivity index is 1.88. The van der Waals surface area contributed by atoms with Gasteiger partial charge in [0.25, 0.3) is 11.2 Å². The Morgan fingerprint density at radius 2 is 2.19 bits per heavy atom. The first kappa shape index (κ1) is 23.0. The van der Waals surface area contributed by atoms with Gasteiger partial charge in [-0.05, 0) is 32.4 Å². The summed E-state index contributed by atoms with van der Waals surface area (Å²) in [6.45, 7) is 9.49. The van der Waals surface area contributed by atoms with Crippen molar-refractivity contribution in [3.63, 3.8) is 0 Å². The minimum atomic E-state index is -0.617. The first-order valence-corrected chi connectivity index (χ1v) is 11.2. The van der Waals surface area contributed by atoms with Crippen LogP contribution in [0.2, 0.25) is 5.02 Å². The van der Waals surface area contributed by atoms with Crippen molar-refractivity contribution < 1.29 is 9.72 Å². The maximum Gasteiger partial charge on any atom is 0.271 e. The minimum absolute atomic E-state index is 0.0624. The van der Waals surface area contributed by atoms with Gasteiger partial charge in [-0.3, -0.25) is 24.3 Å². The molecule has 0 saturated heterocycles. The molecule has 2 aromatic heterocycles. The second-order valence-corrected chi connectivity index (χ2v) is 9.65. The lowest BCUT2D eigenvalue weighted by molar-refractivity contribution is -0.384. The monoisotopic (exact) mass is 478 g/mol. The lowest BCUT2D eigenvalue weighted by atomic mass is 10.2. The highest BCUT2D eigenvalue weighted by Crippen LogP contribution is 2.31. The highest BCUT2D eigenvalue weighted by Gasteiger charge is 2.22. The first-order chi connectivity index (χ1) is 14.6. The Bertz CT molecular complexity index is 1270. The van der Waals surface area contributed by atoms with Gasteiger partial charge in [0.15, 0.2) is 5.16 Å². The Morgan fingerprint density at radius 1 is 1.48 bits per heavy atom. The predicted octanol–water partition coefficient (Wildman–Crippen LogP) is 4.94. The summed E-state index contributed by atoms with van der Waals surface area (Å²) < 4.78 is 1.50. The summed E-state index contributed by atoms with van der Waals surface area (Å²) >= 11 is 8.64. The highest BCUT2D eigenvalue weighted by molar-refractivity contribution is 8.00. The molecule has 0 unspecified atom stereocenters. The van der Waals surface area contributed by atoms with Gasteiger partial charge >= 0.3 is 0 Å². The topological polar surface area (TPSA) is 107 Å².